The zero-order valence-electron chi connectivity index (χ0n) is 14.2. The van der Waals surface area contributed by atoms with Gasteiger partial charge in [0.05, 0.1) is 11.4 Å². The standard InChI is InChI=1S/C17H25ClN2O3S/c1-19(12-14-6-4-3-5-7-14)17(21)13-20(2)24(22,23)16-10-8-15(18)9-11-16/h8-11,14H,3-7,12-13H2,1-2H3. The number of likely N-dealkylation sites (N-methyl/N-ethyl adjacent to an activating group) is 2. The largest absolute Gasteiger partial charge is 0.344 e. The molecule has 1 aliphatic rings. The summed E-state index contributed by atoms with van der Waals surface area (Å²) in [6, 6.07) is 5.95. The molecule has 0 spiro atoms. The summed E-state index contributed by atoms with van der Waals surface area (Å²) < 4.78 is 26.1. The number of halogens is 1. The molecule has 0 aliphatic heterocycles. The highest BCUT2D eigenvalue weighted by Gasteiger charge is 2.25. The molecule has 1 amide bonds. The first kappa shape index (κ1) is 19.2. The maximum atomic E-state index is 12.5. The minimum atomic E-state index is -3.69. The van der Waals surface area contributed by atoms with Crippen LogP contribution in [0.15, 0.2) is 29.2 Å². The molecule has 0 radical (unpaired) electrons. The molecule has 5 nitrogen and oxygen atoms in total. The normalized spacial score (nSPS) is 16.3. The van der Waals surface area contributed by atoms with E-state index in [4.69, 9.17) is 11.6 Å². The van der Waals surface area contributed by atoms with Crippen LogP contribution in [0, 0.1) is 5.92 Å². The minimum absolute atomic E-state index is 0.136. The lowest BCUT2D eigenvalue weighted by Crippen LogP contribution is -2.41. The van der Waals surface area contributed by atoms with E-state index in [0.29, 0.717) is 17.5 Å². The third kappa shape index (κ3) is 4.94. The van der Waals surface area contributed by atoms with Crippen molar-refractivity contribution >= 4 is 27.5 Å². The van der Waals surface area contributed by atoms with Crippen LogP contribution in [0.25, 0.3) is 0 Å². The molecule has 1 aromatic rings. The molecule has 0 aromatic heterocycles. The third-order valence-corrected chi connectivity index (χ3v) is 6.63. The van der Waals surface area contributed by atoms with Crippen LogP contribution >= 0.6 is 11.6 Å². The molecule has 0 saturated heterocycles. The fraction of sp³-hybridized carbons (Fsp3) is 0.588. The Balaban J connectivity index is 1.95. The molecule has 0 heterocycles. The monoisotopic (exact) mass is 372 g/mol. The summed E-state index contributed by atoms with van der Waals surface area (Å²) in [6.45, 7) is 0.543. The van der Waals surface area contributed by atoms with Gasteiger partial charge in [-0.2, -0.15) is 4.31 Å². The highest BCUT2D eigenvalue weighted by molar-refractivity contribution is 7.89. The number of carbonyl (C=O) groups excluding carboxylic acids is 1. The molecule has 1 fully saturated rings. The van der Waals surface area contributed by atoms with Crippen LogP contribution < -0.4 is 0 Å². The number of amides is 1. The van der Waals surface area contributed by atoms with Crippen molar-refractivity contribution in [2.24, 2.45) is 5.92 Å². The van der Waals surface area contributed by atoms with Crippen LogP contribution in [0.5, 0.6) is 0 Å². The topological polar surface area (TPSA) is 57.7 Å². The molecule has 7 heteroatoms. The SMILES string of the molecule is CN(CC1CCCCC1)C(=O)CN(C)S(=O)(=O)c1ccc(Cl)cc1. The van der Waals surface area contributed by atoms with Gasteiger partial charge in [0, 0.05) is 25.7 Å². The number of nitrogens with zero attached hydrogens (tertiary/aromatic N) is 2. The van der Waals surface area contributed by atoms with Gasteiger partial charge < -0.3 is 4.90 Å². The van der Waals surface area contributed by atoms with Gasteiger partial charge in [-0.3, -0.25) is 4.79 Å². The van der Waals surface area contributed by atoms with Gasteiger partial charge in [-0.25, -0.2) is 8.42 Å². The molecule has 1 aliphatic carbocycles. The quantitative estimate of drug-likeness (QED) is 0.771. The van der Waals surface area contributed by atoms with E-state index in [2.05, 4.69) is 0 Å². The predicted octanol–water partition coefficient (Wildman–Crippen LogP) is 3.00. The van der Waals surface area contributed by atoms with Gasteiger partial charge in [-0.15, -0.1) is 0 Å². The van der Waals surface area contributed by atoms with Crippen molar-refractivity contribution in [1.29, 1.82) is 0 Å². The van der Waals surface area contributed by atoms with Gasteiger partial charge in [0.25, 0.3) is 0 Å². The average Bonchev–Trinajstić information content (AvgIpc) is 2.56. The first-order valence-corrected chi connectivity index (χ1v) is 10.1. The molecular formula is C17H25ClN2O3S. The van der Waals surface area contributed by atoms with Crippen molar-refractivity contribution < 1.29 is 13.2 Å². The van der Waals surface area contributed by atoms with Crippen molar-refractivity contribution in [2.75, 3.05) is 27.2 Å². The Bertz CT molecular complexity index is 655. The van der Waals surface area contributed by atoms with Gasteiger partial charge in [-0.05, 0) is 43.0 Å². The molecular weight excluding hydrogens is 348 g/mol. The second kappa shape index (κ2) is 8.32. The molecule has 134 valence electrons. The van der Waals surface area contributed by atoms with Gasteiger partial charge >= 0.3 is 0 Å². The average molecular weight is 373 g/mol. The highest BCUT2D eigenvalue weighted by Crippen LogP contribution is 2.24. The number of benzene rings is 1. The summed E-state index contributed by atoms with van der Waals surface area (Å²) >= 11 is 5.79. The Morgan fingerprint density at radius 1 is 1.12 bits per heavy atom. The van der Waals surface area contributed by atoms with Gasteiger partial charge in [-0.1, -0.05) is 30.9 Å². The Labute approximate surface area is 149 Å². The fourth-order valence-electron chi connectivity index (χ4n) is 3.04. The minimum Gasteiger partial charge on any atom is -0.344 e. The van der Waals surface area contributed by atoms with E-state index in [-0.39, 0.29) is 17.3 Å². The molecule has 0 atom stereocenters. The first-order chi connectivity index (χ1) is 11.3. The maximum Gasteiger partial charge on any atom is 0.243 e. The van der Waals surface area contributed by atoms with E-state index in [9.17, 15) is 13.2 Å². The molecule has 0 bridgehead atoms. The van der Waals surface area contributed by atoms with Crippen molar-refractivity contribution in [3.63, 3.8) is 0 Å². The van der Waals surface area contributed by atoms with Crippen LogP contribution in [-0.2, 0) is 14.8 Å². The van der Waals surface area contributed by atoms with E-state index in [1.165, 1.54) is 50.6 Å². The van der Waals surface area contributed by atoms with Crippen molar-refractivity contribution in [2.45, 2.75) is 37.0 Å². The summed E-state index contributed by atoms with van der Waals surface area (Å²) in [5, 5.41) is 0.472. The fourth-order valence-corrected chi connectivity index (χ4v) is 4.29. The van der Waals surface area contributed by atoms with E-state index < -0.39 is 10.0 Å². The summed E-state index contributed by atoms with van der Waals surface area (Å²) in [4.78, 5) is 14.2. The van der Waals surface area contributed by atoms with E-state index in [0.717, 1.165) is 17.1 Å². The Morgan fingerprint density at radius 2 is 1.71 bits per heavy atom. The molecule has 24 heavy (non-hydrogen) atoms. The summed E-state index contributed by atoms with van der Waals surface area (Å²) in [7, 11) is -0.514. The Hall–Kier alpha value is -1.11. The van der Waals surface area contributed by atoms with Crippen molar-refractivity contribution in [3.8, 4) is 0 Å². The molecule has 0 N–H and O–H groups in total. The third-order valence-electron chi connectivity index (χ3n) is 4.56. The Kier molecular flexibility index (Phi) is 6.66. The van der Waals surface area contributed by atoms with Gasteiger partial charge in [0.2, 0.25) is 15.9 Å². The number of hydrogen-bond acceptors (Lipinski definition) is 3. The number of rotatable bonds is 6. The van der Waals surface area contributed by atoms with E-state index >= 15 is 0 Å². The first-order valence-electron chi connectivity index (χ1n) is 8.26. The lowest BCUT2D eigenvalue weighted by atomic mass is 9.89. The molecule has 2 rings (SSSR count). The zero-order chi connectivity index (χ0) is 17.7. The highest BCUT2D eigenvalue weighted by atomic mass is 35.5. The molecule has 1 aromatic carbocycles. The number of hydrogen-bond donors (Lipinski definition) is 0. The van der Waals surface area contributed by atoms with Gasteiger partial charge in [0.1, 0.15) is 0 Å². The van der Waals surface area contributed by atoms with E-state index in [1.807, 2.05) is 0 Å². The summed E-state index contributed by atoms with van der Waals surface area (Å²) in [5.74, 6) is 0.353. The smallest absolute Gasteiger partial charge is 0.243 e. The number of sulfonamides is 1. The maximum absolute atomic E-state index is 12.5. The van der Waals surface area contributed by atoms with Gasteiger partial charge in [0.15, 0.2) is 0 Å². The lowest BCUT2D eigenvalue weighted by Gasteiger charge is -2.28. The second-order valence-electron chi connectivity index (χ2n) is 6.49. The van der Waals surface area contributed by atoms with E-state index in [1.54, 1.807) is 11.9 Å². The Morgan fingerprint density at radius 3 is 2.29 bits per heavy atom. The number of carbonyl (C=O) groups is 1. The van der Waals surface area contributed by atoms with Crippen LogP contribution in [0.2, 0.25) is 5.02 Å². The van der Waals surface area contributed by atoms with Crippen LogP contribution in [0.4, 0.5) is 0 Å². The molecule has 0 unspecified atom stereocenters. The second-order valence-corrected chi connectivity index (χ2v) is 8.97. The van der Waals surface area contributed by atoms with Crippen molar-refractivity contribution in [3.05, 3.63) is 29.3 Å². The van der Waals surface area contributed by atoms with Crippen LogP contribution in [-0.4, -0.2) is 50.7 Å². The molecule has 1 saturated carbocycles. The lowest BCUT2D eigenvalue weighted by molar-refractivity contribution is -0.130. The zero-order valence-corrected chi connectivity index (χ0v) is 15.8. The van der Waals surface area contributed by atoms with Crippen LogP contribution in [0.1, 0.15) is 32.1 Å². The van der Waals surface area contributed by atoms with Crippen molar-refractivity contribution in [1.82, 2.24) is 9.21 Å². The summed E-state index contributed by atoms with van der Waals surface area (Å²) in [5.41, 5.74) is 0. The summed E-state index contributed by atoms with van der Waals surface area (Å²) in [6.07, 6.45) is 6.01. The van der Waals surface area contributed by atoms with Crippen LogP contribution in [0.3, 0.4) is 0 Å². The predicted molar refractivity (Wildman–Crippen MR) is 95.5 cm³/mol.